The molecule has 0 atom stereocenters. The van der Waals surface area contributed by atoms with Crippen molar-refractivity contribution in [3.05, 3.63) is 65.2 Å². The fourth-order valence-electron chi connectivity index (χ4n) is 3.55. The number of carbonyl (C=O) groups excluding carboxylic acids is 2. The molecule has 1 aliphatic rings. The third-order valence-corrected chi connectivity index (χ3v) is 5.18. The van der Waals surface area contributed by atoms with E-state index in [0.717, 1.165) is 37.6 Å². The first kappa shape index (κ1) is 20.5. The number of likely N-dealkylation sites (tertiary alicyclic amines) is 1. The van der Waals surface area contributed by atoms with Crippen molar-refractivity contribution in [1.82, 2.24) is 15.1 Å². The van der Waals surface area contributed by atoms with Gasteiger partial charge in [-0.3, -0.25) is 15.2 Å². The van der Waals surface area contributed by atoms with Gasteiger partial charge in [0.1, 0.15) is 0 Å². The van der Waals surface area contributed by atoms with Crippen molar-refractivity contribution in [3.8, 4) is 11.3 Å². The Bertz CT molecular complexity index is 1140. The highest BCUT2D eigenvalue weighted by atomic mass is 19.2. The Kier molecular flexibility index (Phi) is 5.66. The SMILES string of the molecule is Cc1cc(C(=O)N2CCCC2)ccc1NC(=O)Nc1cc(-c2cccc(F)c2F)[nH]n1. The van der Waals surface area contributed by atoms with Gasteiger partial charge in [-0.1, -0.05) is 6.07 Å². The zero-order valence-electron chi connectivity index (χ0n) is 16.8. The second-order valence-corrected chi connectivity index (χ2v) is 7.38. The molecule has 0 bridgehead atoms. The van der Waals surface area contributed by atoms with Crippen LogP contribution in [-0.4, -0.2) is 40.1 Å². The molecule has 9 heteroatoms. The van der Waals surface area contributed by atoms with Gasteiger partial charge >= 0.3 is 6.03 Å². The van der Waals surface area contributed by atoms with E-state index >= 15 is 0 Å². The molecule has 3 aromatic rings. The number of aromatic amines is 1. The predicted octanol–water partition coefficient (Wildman–Crippen LogP) is 4.54. The second-order valence-electron chi connectivity index (χ2n) is 7.38. The molecule has 1 fully saturated rings. The van der Waals surface area contributed by atoms with E-state index in [9.17, 15) is 18.4 Å². The number of aromatic nitrogens is 2. The first-order valence-corrected chi connectivity index (χ1v) is 9.90. The van der Waals surface area contributed by atoms with Gasteiger partial charge in [0.2, 0.25) is 0 Å². The maximum absolute atomic E-state index is 13.9. The molecule has 0 spiro atoms. The van der Waals surface area contributed by atoms with Crippen LogP contribution in [-0.2, 0) is 0 Å². The molecule has 0 saturated carbocycles. The highest BCUT2D eigenvalue weighted by Crippen LogP contribution is 2.25. The first-order chi connectivity index (χ1) is 14.9. The Hall–Kier alpha value is -3.75. The molecule has 3 amide bonds. The normalized spacial score (nSPS) is 13.3. The summed E-state index contributed by atoms with van der Waals surface area (Å²) >= 11 is 0. The van der Waals surface area contributed by atoms with Gasteiger partial charge in [0.15, 0.2) is 17.5 Å². The molecule has 1 aromatic heterocycles. The van der Waals surface area contributed by atoms with Gasteiger partial charge in [-0.15, -0.1) is 0 Å². The zero-order valence-corrected chi connectivity index (χ0v) is 16.8. The number of rotatable bonds is 4. The van der Waals surface area contributed by atoms with Crippen LogP contribution in [0.1, 0.15) is 28.8 Å². The third kappa shape index (κ3) is 4.40. The minimum absolute atomic E-state index is 0.00904. The lowest BCUT2D eigenvalue weighted by atomic mass is 10.1. The number of nitrogens with one attached hydrogen (secondary N) is 3. The molecule has 0 aliphatic carbocycles. The first-order valence-electron chi connectivity index (χ1n) is 9.90. The Morgan fingerprint density at radius 3 is 2.58 bits per heavy atom. The van der Waals surface area contributed by atoms with Crippen LogP contribution in [0.25, 0.3) is 11.3 Å². The summed E-state index contributed by atoms with van der Waals surface area (Å²) in [6.07, 6.45) is 2.04. The topological polar surface area (TPSA) is 90.1 Å². The number of aryl methyl sites for hydroxylation is 1. The highest BCUT2D eigenvalue weighted by Gasteiger charge is 2.20. The fourth-order valence-corrected chi connectivity index (χ4v) is 3.55. The van der Waals surface area contributed by atoms with Gasteiger partial charge in [-0.25, -0.2) is 13.6 Å². The summed E-state index contributed by atoms with van der Waals surface area (Å²) in [6, 6.07) is 9.77. The number of hydrogen-bond donors (Lipinski definition) is 3. The molecule has 0 radical (unpaired) electrons. The van der Waals surface area contributed by atoms with Crippen molar-refractivity contribution in [2.75, 3.05) is 23.7 Å². The second kappa shape index (κ2) is 8.55. The molecule has 2 aromatic carbocycles. The van der Waals surface area contributed by atoms with Crippen LogP contribution in [0.3, 0.4) is 0 Å². The average molecular weight is 425 g/mol. The molecule has 0 unspecified atom stereocenters. The number of halogens is 2. The standard InChI is InChI=1S/C22H21F2N5O2/c1-13-11-14(21(30)29-9-2-3-10-29)7-8-17(13)25-22(31)26-19-12-18(27-28-19)15-5-4-6-16(23)20(15)24/h4-8,11-12H,2-3,9-10H2,1H3,(H3,25,26,27,28,31). The summed E-state index contributed by atoms with van der Waals surface area (Å²) < 4.78 is 27.3. The number of anilines is 2. The molecule has 1 saturated heterocycles. The van der Waals surface area contributed by atoms with Crippen molar-refractivity contribution in [2.45, 2.75) is 19.8 Å². The van der Waals surface area contributed by atoms with Crippen molar-refractivity contribution < 1.29 is 18.4 Å². The lowest BCUT2D eigenvalue weighted by Crippen LogP contribution is -2.27. The van der Waals surface area contributed by atoms with Gasteiger partial charge in [-0.05, 0) is 55.7 Å². The van der Waals surface area contributed by atoms with Crippen LogP contribution in [0.5, 0.6) is 0 Å². The highest BCUT2D eigenvalue weighted by molar-refractivity contribution is 6.01. The summed E-state index contributed by atoms with van der Waals surface area (Å²) in [5.41, 5.74) is 2.11. The van der Waals surface area contributed by atoms with E-state index in [1.807, 2.05) is 4.90 Å². The lowest BCUT2D eigenvalue weighted by molar-refractivity contribution is 0.0792. The number of urea groups is 1. The van der Waals surface area contributed by atoms with Crippen LogP contribution in [0.2, 0.25) is 0 Å². The number of nitrogens with zero attached hydrogens (tertiary/aromatic N) is 2. The number of hydrogen-bond acceptors (Lipinski definition) is 3. The number of carbonyl (C=O) groups is 2. The minimum Gasteiger partial charge on any atom is -0.339 e. The van der Waals surface area contributed by atoms with E-state index in [1.165, 1.54) is 18.2 Å². The maximum Gasteiger partial charge on any atom is 0.324 e. The third-order valence-electron chi connectivity index (χ3n) is 5.18. The van der Waals surface area contributed by atoms with Gasteiger partial charge in [-0.2, -0.15) is 5.10 Å². The van der Waals surface area contributed by atoms with E-state index in [0.29, 0.717) is 11.3 Å². The molecule has 2 heterocycles. The summed E-state index contributed by atoms with van der Waals surface area (Å²) in [5, 5.41) is 11.7. The molecular formula is C22H21F2N5O2. The monoisotopic (exact) mass is 425 g/mol. The predicted molar refractivity (Wildman–Crippen MR) is 113 cm³/mol. The number of H-pyrrole nitrogens is 1. The fraction of sp³-hybridized carbons (Fsp3) is 0.227. The zero-order chi connectivity index (χ0) is 22.0. The van der Waals surface area contributed by atoms with E-state index < -0.39 is 17.7 Å². The van der Waals surface area contributed by atoms with Crippen LogP contribution in [0.4, 0.5) is 25.1 Å². The molecule has 31 heavy (non-hydrogen) atoms. The Balaban J connectivity index is 1.42. The van der Waals surface area contributed by atoms with Crippen molar-refractivity contribution in [1.29, 1.82) is 0 Å². The average Bonchev–Trinajstić information content (AvgIpc) is 3.43. The summed E-state index contributed by atoms with van der Waals surface area (Å²) in [7, 11) is 0. The van der Waals surface area contributed by atoms with E-state index in [2.05, 4.69) is 20.8 Å². The van der Waals surface area contributed by atoms with Gasteiger partial charge in [0.25, 0.3) is 5.91 Å². The van der Waals surface area contributed by atoms with Crippen LogP contribution < -0.4 is 10.6 Å². The molecule has 4 rings (SSSR count). The van der Waals surface area contributed by atoms with E-state index in [4.69, 9.17) is 0 Å². The number of amides is 3. The summed E-state index contributed by atoms with van der Waals surface area (Å²) in [4.78, 5) is 26.7. The van der Waals surface area contributed by atoms with E-state index in [1.54, 1.807) is 25.1 Å². The Morgan fingerprint density at radius 1 is 1.06 bits per heavy atom. The van der Waals surface area contributed by atoms with Crippen LogP contribution in [0, 0.1) is 18.6 Å². The molecule has 1 aliphatic heterocycles. The largest absolute Gasteiger partial charge is 0.339 e. The maximum atomic E-state index is 13.9. The quantitative estimate of drug-likeness (QED) is 0.573. The van der Waals surface area contributed by atoms with Gasteiger partial charge in [0.05, 0.1) is 5.69 Å². The molecule has 160 valence electrons. The van der Waals surface area contributed by atoms with Crippen molar-refractivity contribution >= 4 is 23.4 Å². The van der Waals surface area contributed by atoms with Gasteiger partial charge in [0, 0.05) is 36.0 Å². The van der Waals surface area contributed by atoms with Crippen LogP contribution >= 0.6 is 0 Å². The smallest absolute Gasteiger partial charge is 0.324 e. The summed E-state index contributed by atoms with van der Waals surface area (Å²) in [5.74, 6) is -1.83. The van der Waals surface area contributed by atoms with Crippen molar-refractivity contribution in [3.63, 3.8) is 0 Å². The molecular weight excluding hydrogens is 404 g/mol. The van der Waals surface area contributed by atoms with E-state index in [-0.39, 0.29) is 23.0 Å². The van der Waals surface area contributed by atoms with Crippen LogP contribution in [0.15, 0.2) is 42.5 Å². The molecule has 7 nitrogen and oxygen atoms in total. The van der Waals surface area contributed by atoms with Crippen molar-refractivity contribution in [2.24, 2.45) is 0 Å². The summed E-state index contributed by atoms with van der Waals surface area (Å²) in [6.45, 7) is 3.34. The number of benzene rings is 2. The Morgan fingerprint density at radius 2 is 1.84 bits per heavy atom. The van der Waals surface area contributed by atoms with Gasteiger partial charge < -0.3 is 10.2 Å². The Labute approximate surface area is 177 Å². The molecule has 3 N–H and O–H groups in total. The minimum atomic E-state index is -0.999. The lowest BCUT2D eigenvalue weighted by Gasteiger charge is -2.16.